The third-order valence-electron chi connectivity index (χ3n) is 0.0841. The second kappa shape index (κ2) is 2.17. The van der Waals surface area contributed by atoms with Crippen LogP contribution in [-0.2, 0) is 22.9 Å². The molecule has 0 aromatic rings. The molecule has 0 saturated carbocycles. The van der Waals surface area contributed by atoms with Gasteiger partial charge in [0.15, 0.2) is 0 Å². The molecule has 0 aliphatic heterocycles. The molecule has 4 nitrogen and oxygen atoms in total. The van der Waals surface area contributed by atoms with Crippen LogP contribution in [0.25, 0.3) is 0 Å². The molecule has 6 heteroatoms. The molecule has 0 spiro atoms. The van der Waals surface area contributed by atoms with Crippen LogP contribution in [0, 0.1) is 0 Å². The molecule has 0 fully saturated rings. The fraction of sp³-hybridized carbons (Fsp3) is 0. The van der Waals surface area contributed by atoms with Crippen LogP contribution in [0.3, 0.4) is 0 Å². The van der Waals surface area contributed by atoms with E-state index in [1.165, 1.54) is 0 Å². The summed E-state index contributed by atoms with van der Waals surface area (Å²) in [6.45, 7) is 0. The Morgan fingerprint density at radius 2 is 1.83 bits per heavy atom. The molecule has 0 heterocycles. The predicted molar refractivity (Wildman–Crippen MR) is 12.0 cm³/mol. The molecule has 0 bridgehead atoms. The first kappa shape index (κ1) is 6.76. The first-order chi connectivity index (χ1) is 2.56. The van der Waals surface area contributed by atoms with Crippen LogP contribution in [0.1, 0.15) is 0 Å². The normalized spacial score (nSPS) is 11.8. The topological polar surface area (TPSA) is 66.8 Å². The van der Waals surface area contributed by atoms with E-state index in [4.69, 9.17) is 8.19 Å². The minimum atomic E-state index is -4.77. The van der Waals surface area contributed by atoms with Crippen LogP contribution >= 0.6 is 0 Å². The van der Waals surface area contributed by atoms with E-state index in [-0.39, 0.29) is 0 Å². The zero-order valence-corrected chi connectivity index (χ0v) is 5.49. The summed E-state index contributed by atoms with van der Waals surface area (Å²) < 4.78 is 28.3. The Morgan fingerprint density at radius 1 is 1.67 bits per heavy atom. The maximum absolute atomic E-state index is 9.47. The molecule has 0 rings (SSSR count). The zero-order chi connectivity index (χ0) is 5.21. The average Bonchev–Trinajstić information content (AvgIpc) is 1.35. The number of hydrogen-bond acceptors (Lipinski definition) is 2. The van der Waals surface area contributed by atoms with Gasteiger partial charge in [0.05, 0.1) is 0 Å². The van der Waals surface area contributed by atoms with Gasteiger partial charge < -0.3 is 0 Å². The van der Waals surface area contributed by atoms with E-state index in [0.29, 0.717) is 0 Å². The van der Waals surface area contributed by atoms with Gasteiger partial charge in [0.1, 0.15) is 0 Å². The summed E-state index contributed by atoms with van der Waals surface area (Å²) in [6, 6.07) is 0. The van der Waals surface area contributed by atoms with E-state index in [9.17, 15) is 3.74 Å². The van der Waals surface area contributed by atoms with Crippen molar-refractivity contribution < 1.29 is 31.1 Å². The average molecular weight is 197 g/mol. The van der Waals surface area contributed by atoms with Crippen LogP contribution in [0.4, 0.5) is 0 Å². The van der Waals surface area contributed by atoms with Crippen molar-refractivity contribution in [3.05, 3.63) is 0 Å². The molecule has 0 aliphatic carbocycles. The van der Waals surface area contributed by atoms with E-state index in [1.807, 2.05) is 0 Å². The van der Waals surface area contributed by atoms with Crippen LogP contribution in [0.5, 0.6) is 0 Å². The van der Waals surface area contributed by atoms with E-state index < -0.39 is 14.5 Å². The second-order valence-electron chi connectivity index (χ2n) is 0.555. The molecule has 39 valence electrons. The van der Waals surface area contributed by atoms with E-state index in [0.717, 1.165) is 0 Å². The monoisotopic (exact) mass is 197 g/mol. The zero-order valence-electron chi connectivity index (χ0n) is 2.51. The van der Waals surface area contributed by atoms with Crippen molar-refractivity contribution in [3.63, 3.8) is 0 Å². The molecule has 0 aromatic heterocycles. The van der Waals surface area contributed by atoms with Crippen molar-refractivity contribution in [2.24, 2.45) is 0 Å². The van der Waals surface area contributed by atoms with Crippen molar-refractivity contribution in [2.45, 2.75) is 0 Å². The molecule has 0 saturated heterocycles. The van der Waals surface area contributed by atoms with Crippen molar-refractivity contribution in [2.75, 3.05) is 0 Å². The molecule has 6 heavy (non-hydrogen) atoms. The van der Waals surface area contributed by atoms with Crippen molar-refractivity contribution >= 4 is 14.5 Å². The van der Waals surface area contributed by atoms with Gasteiger partial charge >= 0.3 is 45.6 Å². The molecule has 0 aromatic carbocycles. The van der Waals surface area contributed by atoms with Gasteiger partial charge in [0.2, 0.25) is 0 Å². The number of rotatable bonds is 1. The molecular formula is H2AsFeO4. The Bertz CT molecular complexity index is 71.6. The molecule has 2 N–H and O–H groups in total. The third-order valence-corrected chi connectivity index (χ3v) is 1.80. The standard InChI is InChI=1S/AsH3O4.Fe/c2-1(3,4)5;/h(H3,2,3,4,5);/q;+1/p-1. The van der Waals surface area contributed by atoms with Gasteiger partial charge in [-0.3, -0.25) is 0 Å². The summed E-state index contributed by atoms with van der Waals surface area (Å²) in [5, 5.41) is 0. The summed E-state index contributed by atoms with van der Waals surface area (Å²) in [4.78, 5) is 0. The maximum atomic E-state index is 9.47. The van der Waals surface area contributed by atoms with Gasteiger partial charge in [-0.25, -0.2) is 0 Å². The van der Waals surface area contributed by atoms with Gasteiger partial charge in [-0.1, -0.05) is 0 Å². The van der Waals surface area contributed by atoms with E-state index >= 15 is 0 Å². The van der Waals surface area contributed by atoms with Crippen LogP contribution in [0.2, 0.25) is 0 Å². The Hall–Kier alpha value is 0.758. The van der Waals surface area contributed by atoms with Gasteiger partial charge in [-0.2, -0.15) is 0 Å². The van der Waals surface area contributed by atoms with Crippen molar-refractivity contribution in [1.29, 1.82) is 0 Å². The van der Waals surface area contributed by atoms with Gasteiger partial charge in [0.25, 0.3) is 0 Å². The predicted octanol–water partition coefficient (Wildman–Crippen LogP) is -1.68. The summed E-state index contributed by atoms with van der Waals surface area (Å²) in [6.07, 6.45) is 0. The van der Waals surface area contributed by atoms with Gasteiger partial charge in [0, 0.05) is 0 Å². The Kier molecular flexibility index (Phi) is 2.44. The van der Waals surface area contributed by atoms with Gasteiger partial charge in [-0.15, -0.1) is 0 Å². The summed E-state index contributed by atoms with van der Waals surface area (Å²) in [5.41, 5.74) is 0. The third kappa shape index (κ3) is 4.76. The molecule has 0 amide bonds. The van der Waals surface area contributed by atoms with Crippen LogP contribution in [0.15, 0.2) is 0 Å². The SMILES string of the molecule is O=[As](O)(O)[O][Fe]. The van der Waals surface area contributed by atoms with E-state index in [2.05, 4.69) is 19.2 Å². The Balaban J connectivity index is 3.48. The second-order valence-corrected chi connectivity index (χ2v) is 3.93. The minimum absolute atomic E-state index is 2.52. The summed E-state index contributed by atoms with van der Waals surface area (Å²) in [5.74, 6) is 0. The summed E-state index contributed by atoms with van der Waals surface area (Å²) >= 11 is -2.25. The first-order valence-electron chi connectivity index (χ1n) is 0.909. The van der Waals surface area contributed by atoms with E-state index in [1.54, 1.807) is 0 Å². The van der Waals surface area contributed by atoms with Gasteiger partial charge in [-0.05, 0) is 0 Å². The van der Waals surface area contributed by atoms with Crippen molar-refractivity contribution in [1.82, 2.24) is 0 Å². The molecule has 0 radical (unpaired) electrons. The van der Waals surface area contributed by atoms with Crippen molar-refractivity contribution in [3.8, 4) is 0 Å². The van der Waals surface area contributed by atoms with Crippen LogP contribution in [-0.4, -0.2) is 22.7 Å². The molecule has 0 atom stereocenters. The fourth-order valence-corrected chi connectivity index (χ4v) is 0. The fourth-order valence-electron chi connectivity index (χ4n) is 0. The Morgan fingerprint density at radius 3 is 1.83 bits per heavy atom. The Labute approximate surface area is 46.0 Å². The molecular weight excluding hydrogens is 195 g/mol. The quantitative estimate of drug-likeness (QED) is 0.492. The first-order valence-corrected chi connectivity index (χ1v) is 4.57. The molecule has 0 unspecified atom stereocenters. The number of hydrogen-bond donors (Lipinski definition) is 2. The summed E-state index contributed by atoms with van der Waals surface area (Å²) in [7, 11) is 0. The molecule has 0 aliphatic rings. The van der Waals surface area contributed by atoms with Crippen LogP contribution < -0.4 is 0 Å².